The van der Waals surface area contributed by atoms with E-state index < -0.39 is 5.97 Å². The van der Waals surface area contributed by atoms with E-state index in [0.29, 0.717) is 5.75 Å². The Morgan fingerprint density at radius 3 is 2.93 bits per heavy atom. The molecule has 0 aliphatic heterocycles. The number of ether oxygens (including phenoxy) is 1. The Bertz CT molecular complexity index is 491. The van der Waals surface area contributed by atoms with Crippen molar-refractivity contribution in [2.45, 2.75) is 0 Å². The fraction of sp³-hybridized carbons (Fsp3) is 0.0909. The van der Waals surface area contributed by atoms with Crippen LogP contribution in [0.5, 0.6) is 5.75 Å². The van der Waals surface area contributed by atoms with Crippen molar-refractivity contribution >= 4 is 16.9 Å². The Morgan fingerprint density at radius 2 is 2.13 bits per heavy atom. The number of para-hydroxylation sites is 1. The molecule has 2 N–H and O–H groups in total. The fourth-order valence-electron chi connectivity index (χ4n) is 1.32. The van der Waals surface area contributed by atoms with Crippen LogP contribution < -0.4 is 10.5 Å². The third kappa shape index (κ3) is 1.94. The van der Waals surface area contributed by atoms with Gasteiger partial charge in [-0.05, 0) is 18.2 Å². The van der Waals surface area contributed by atoms with E-state index in [9.17, 15) is 4.79 Å². The second-order valence-electron chi connectivity index (χ2n) is 3.00. The first-order chi connectivity index (χ1) is 7.31. The standard InChI is InChI=1S/C11H10N2O2/c12-7-11(14)15-10-5-6-13-9-4-2-1-3-8(9)10/h1-6H,7,12H2. The van der Waals surface area contributed by atoms with Crippen LogP contribution in [0.25, 0.3) is 10.9 Å². The fourth-order valence-corrected chi connectivity index (χ4v) is 1.32. The van der Waals surface area contributed by atoms with Gasteiger partial charge in [-0.1, -0.05) is 12.1 Å². The molecular formula is C11H10N2O2. The van der Waals surface area contributed by atoms with Gasteiger partial charge < -0.3 is 10.5 Å². The summed E-state index contributed by atoms with van der Waals surface area (Å²) in [5.41, 5.74) is 5.97. The minimum Gasteiger partial charge on any atom is -0.425 e. The van der Waals surface area contributed by atoms with Crippen LogP contribution in [0, 0.1) is 0 Å². The average molecular weight is 202 g/mol. The van der Waals surface area contributed by atoms with Crippen LogP contribution >= 0.6 is 0 Å². The molecular weight excluding hydrogens is 192 g/mol. The molecule has 0 saturated carbocycles. The van der Waals surface area contributed by atoms with Gasteiger partial charge in [0.1, 0.15) is 5.75 Å². The molecule has 1 aromatic heterocycles. The van der Waals surface area contributed by atoms with E-state index in [1.165, 1.54) is 0 Å². The molecule has 0 saturated heterocycles. The number of aromatic nitrogens is 1. The number of carbonyl (C=O) groups is 1. The van der Waals surface area contributed by atoms with Crippen LogP contribution in [0.4, 0.5) is 0 Å². The van der Waals surface area contributed by atoms with Gasteiger partial charge in [0.05, 0.1) is 12.1 Å². The first-order valence-electron chi connectivity index (χ1n) is 4.56. The second-order valence-corrected chi connectivity index (χ2v) is 3.00. The quantitative estimate of drug-likeness (QED) is 0.740. The number of esters is 1. The van der Waals surface area contributed by atoms with E-state index in [1.807, 2.05) is 24.3 Å². The van der Waals surface area contributed by atoms with E-state index in [-0.39, 0.29) is 6.54 Å². The van der Waals surface area contributed by atoms with E-state index >= 15 is 0 Å². The maximum atomic E-state index is 11.1. The van der Waals surface area contributed by atoms with Crippen LogP contribution in [-0.2, 0) is 4.79 Å². The van der Waals surface area contributed by atoms with Gasteiger partial charge in [-0.15, -0.1) is 0 Å². The third-order valence-electron chi connectivity index (χ3n) is 2.00. The van der Waals surface area contributed by atoms with Gasteiger partial charge in [0, 0.05) is 11.6 Å². The number of hydrogen-bond acceptors (Lipinski definition) is 4. The second kappa shape index (κ2) is 4.06. The predicted molar refractivity (Wildman–Crippen MR) is 56.4 cm³/mol. The summed E-state index contributed by atoms with van der Waals surface area (Å²) >= 11 is 0. The Hall–Kier alpha value is -1.94. The van der Waals surface area contributed by atoms with Gasteiger partial charge in [-0.25, -0.2) is 0 Å². The lowest BCUT2D eigenvalue weighted by Crippen LogP contribution is -2.19. The summed E-state index contributed by atoms with van der Waals surface area (Å²) in [6.45, 7) is -0.128. The lowest BCUT2D eigenvalue weighted by molar-refractivity contribution is -0.132. The maximum absolute atomic E-state index is 11.1. The van der Waals surface area contributed by atoms with E-state index in [4.69, 9.17) is 10.5 Å². The zero-order chi connectivity index (χ0) is 10.7. The molecule has 1 heterocycles. The number of nitrogens with zero attached hydrogens (tertiary/aromatic N) is 1. The summed E-state index contributed by atoms with van der Waals surface area (Å²) in [5.74, 6) is 0.0439. The molecule has 0 bridgehead atoms. The Balaban J connectivity index is 2.46. The third-order valence-corrected chi connectivity index (χ3v) is 2.00. The molecule has 0 amide bonds. The van der Waals surface area contributed by atoms with E-state index in [2.05, 4.69) is 4.98 Å². The van der Waals surface area contributed by atoms with Crippen LogP contribution in [0.2, 0.25) is 0 Å². The topological polar surface area (TPSA) is 65.2 Å². The van der Waals surface area contributed by atoms with Crippen molar-refractivity contribution in [1.82, 2.24) is 4.98 Å². The van der Waals surface area contributed by atoms with Crippen LogP contribution in [0.15, 0.2) is 36.5 Å². The number of benzene rings is 1. The highest BCUT2D eigenvalue weighted by Crippen LogP contribution is 2.23. The van der Waals surface area contributed by atoms with Crippen molar-refractivity contribution in [3.05, 3.63) is 36.5 Å². The molecule has 2 aromatic rings. The normalized spacial score (nSPS) is 10.2. The molecule has 0 fully saturated rings. The SMILES string of the molecule is NCC(=O)Oc1ccnc2ccccc12. The highest BCUT2D eigenvalue weighted by molar-refractivity contribution is 5.87. The van der Waals surface area contributed by atoms with Crippen LogP contribution in [0.1, 0.15) is 0 Å². The molecule has 2 rings (SSSR count). The lowest BCUT2D eigenvalue weighted by Gasteiger charge is -2.05. The summed E-state index contributed by atoms with van der Waals surface area (Å²) < 4.78 is 5.07. The van der Waals surface area contributed by atoms with Crippen molar-refractivity contribution in [3.8, 4) is 5.75 Å². The van der Waals surface area contributed by atoms with Gasteiger partial charge in [0.2, 0.25) is 0 Å². The number of rotatable bonds is 2. The smallest absolute Gasteiger partial charge is 0.325 e. The summed E-state index contributed by atoms with van der Waals surface area (Å²) in [6, 6.07) is 9.10. The molecule has 0 aliphatic carbocycles. The number of hydrogen-bond donors (Lipinski definition) is 1. The Kier molecular flexibility index (Phi) is 2.60. The summed E-state index contributed by atoms with van der Waals surface area (Å²) in [7, 11) is 0. The summed E-state index contributed by atoms with van der Waals surface area (Å²) in [6.07, 6.45) is 1.60. The highest BCUT2D eigenvalue weighted by Gasteiger charge is 2.05. The van der Waals surface area contributed by atoms with Gasteiger partial charge in [0.25, 0.3) is 0 Å². The first-order valence-corrected chi connectivity index (χ1v) is 4.56. The molecule has 4 heteroatoms. The van der Waals surface area contributed by atoms with Gasteiger partial charge in [-0.2, -0.15) is 0 Å². The minimum atomic E-state index is -0.452. The number of carbonyl (C=O) groups excluding carboxylic acids is 1. The molecule has 0 aliphatic rings. The zero-order valence-corrected chi connectivity index (χ0v) is 8.01. The maximum Gasteiger partial charge on any atom is 0.325 e. The molecule has 4 nitrogen and oxygen atoms in total. The molecule has 0 spiro atoms. The van der Waals surface area contributed by atoms with Crippen LogP contribution in [-0.4, -0.2) is 17.5 Å². The van der Waals surface area contributed by atoms with Crippen molar-refractivity contribution in [2.75, 3.05) is 6.54 Å². The van der Waals surface area contributed by atoms with Crippen molar-refractivity contribution in [2.24, 2.45) is 5.73 Å². The number of pyridine rings is 1. The molecule has 1 aromatic carbocycles. The average Bonchev–Trinajstić information content (AvgIpc) is 2.29. The molecule has 0 atom stereocenters. The molecule has 15 heavy (non-hydrogen) atoms. The summed E-state index contributed by atoms with van der Waals surface area (Å²) in [4.78, 5) is 15.2. The molecule has 0 unspecified atom stereocenters. The number of fused-ring (bicyclic) bond motifs is 1. The minimum absolute atomic E-state index is 0.128. The van der Waals surface area contributed by atoms with Gasteiger partial charge in [0.15, 0.2) is 0 Å². The first kappa shape index (κ1) is 9.61. The van der Waals surface area contributed by atoms with Crippen molar-refractivity contribution in [1.29, 1.82) is 0 Å². The lowest BCUT2D eigenvalue weighted by atomic mass is 10.2. The molecule has 76 valence electrons. The Labute approximate surface area is 86.7 Å². The summed E-state index contributed by atoms with van der Waals surface area (Å²) in [5, 5.41) is 0.807. The van der Waals surface area contributed by atoms with E-state index in [0.717, 1.165) is 10.9 Å². The van der Waals surface area contributed by atoms with Crippen LogP contribution in [0.3, 0.4) is 0 Å². The Morgan fingerprint density at radius 1 is 1.33 bits per heavy atom. The monoisotopic (exact) mass is 202 g/mol. The molecule has 0 radical (unpaired) electrons. The van der Waals surface area contributed by atoms with Gasteiger partial charge >= 0.3 is 5.97 Å². The van der Waals surface area contributed by atoms with Crippen molar-refractivity contribution < 1.29 is 9.53 Å². The highest BCUT2D eigenvalue weighted by atomic mass is 16.5. The van der Waals surface area contributed by atoms with Gasteiger partial charge in [-0.3, -0.25) is 9.78 Å². The van der Waals surface area contributed by atoms with E-state index in [1.54, 1.807) is 12.3 Å². The predicted octanol–water partition coefficient (Wildman–Crippen LogP) is 1.10. The number of nitrogens with two attached hydrogens (primary N) is 1. The largest absolute Gasteiger partial charge is 0.425 e. The zero-order valence-electron chi connectivity index (χ0n) is 8.01. The van der Waals surface area contributed by atoms with Crippen molar-refractivity contribution in [3.63, 3.8) is 0 Å².